The van der Waals surface area contributed by atoms with Gasteiger partial charge in [-0.1, -0.05) is 276 Å². The summed E-state index contributed by atoms with van der Waals surface area (Å²) < 4.78 is 11.3. The Labute approximate surface area is 426 Å². The van der Waals surface area contributed by atoms with Gasteiger partial charge in [0.1, 0.15) is 24.4 Å². The van der Waals surface area contributed by atoms with Crippen LogP contribution < -0.4 is 5.32 Å². The highest BCUT2D eigenvalue weighted by Gasteiger charge is 2.44. The number of hydrogen-bond acceptors (Lipinski definition) is 8. The maximum Gasteiger partial charge on any atom is 0.220 e. The van der Waals surface area contributed by atoms with Gasteiger partial charge in [-0.15, -0.1) is 0 Å². The minimum Gasteiger partial charge on any atom is -0.394 e. The number of aliphatic hydroxyl groups excluding tert-OH is 5. The molecule has 0 aliphatic carbocycles. The fourth-order valence-electron chi connectivity index (χ4n) is 10.0. The number of carbonyl (C=O) groups excluding carboxylic acids is 1. The van der Waals surface area contributed by atoms with Crippen LogP contribution in [0.2, 0.25) is 0 Å². The molecule has 1 saturated heterocycles. The average Bonchev–Trinajstić information content (AvgIpc) is 3.35. The van der Waals surface area contributed by atoms with Crippen molar-refractivity contribution in [1.82, 2.24) is 5.32 Å². The first-order valence-electron chi connectivity index (χ1n) is 30.4. The fourth-order valence-corrected chi connectivity index (χ4v) is 10.0. The van der Waals surface area contributed by atoms with E-state index in [0.717, 1.165) is 38.5 Å². The van der Waals surface area contributed by atoms with Gasteiger partial charge in [-0.3, -0.25) is 4.79 Å². The summed E-state index contributed by atoms with van der Waals surface area (Å²) >= 11 is 0. The van der Waals surface area contributed by atoms with E-state index in [-0.39, 0.29) is 12.5 Å². The Hall–Kier alpha value is -1.07. The molecule has 0 aromatic heterocycles. The topological polar surface area (TPSA) is 149 Å². The van der Waals surface area contributed by atoms with Crippen LogP contribution in [0.25, 0.3) is 0 Å². The SMILES string of the molecule is CCCCCCCCCC/C=C\CCCCCCCCCCCCCC(=O)NC(COC1OC(CO)C(O)C(O)C1O)C(O)CCCCCCCCCCCCCCCCCCCCCCCCC. The van der Waals surface area contributed by atoms with Crippen molar-refractivity contribution in [3.05, 3.63) is 12.2 Å². The lowest BCUT2D eigenvalue weighted by molar-refractivity contribution is -0.302. The molecule has 0 aromatic carbocycles. The Balaban J connectivity index is 2.18. The van der Waals surface area contributed by atoms with Crippen LogP contribution in [0.15, 0.2) is 12.2 Å². The monoisotopic (exact) mass is 980 g/mol. The molecule has 9 heteroatoms. The largest absolute Gasteiger partial charge is 0.394 e. The van der Waals surface area contributed by atoms with E-state index in [4.69, 9.17) is 9.47 Å². The number of aliphatic hydroxyl groups is 5. The van der Waals surface area contributed by atoms with Crippen LogP contribution in [0.1, 0.15) is 309 Å². The average molecular weight is 981 g/mol. The highest BCUT2D eigenvalue weighted by atomic mass is 16.7. The van der Waals surface area contributed by atoms with Gasteiger partial charge in [-0.05, 0) is 38.5 Å². The molecule has 1 aliphatic rings. The van der Waals surface area contributed by atoms with E-state index in [1.807, 2.05) is 0 Å². The van der Waals surface area contributed by atoms with Crippen LogP contribution >= 0.6 is 0 Å². The van der Waals surface area contributed by atoms with Crippen LogP contribution in [-0.2, 0) is 14.3 Å². The molecule has 1 fully saturated rings. The Morgan fingerprint density at radius 1 is 0.478 bits per heavy atom. The molecule has 0 radical (unpaired) electrons. The second-order valence-electron chi connectivity index (χ2n) is 21.5. The third kappa shape index (κ3) is 40.1. The number of nitrogens with one attached hydrogen (secondary N) is 1. The second-order valence-corrected chi connectivity index (χ2v) is 21.5. The Kier molecular flexibility index (Phi) is 48.2. The summed E-state index contributed by atoms with van der Waals surface area (Å²) in [6, 6.07) is -0.717. The molecule has 9 nitrogen and oxygen atoms in total. The van der Waals surface area contributed by atoms with Gasteiger partial charge in [0.15, 0.2) is 6.29 Å². The summed E-state index contributed by atoms with van der Waals surface area (Å²) in [4.78, 5) is 13.1. The van der Waals surface area contributed by atoms with Crippen molar-refractivity contribution in [2.24, 2.45) is 0 Å². The van der Waals surface area contributed by atoms with Gasteiger partial charge in [0, 0.05) is 6.42 Å². The molecule has 1 heterocycles. The molecule has 0 saturated carbocycles. The zero-order chi connectivity index (χ0) is 50.1. The minimum atomic E-state index is -1.55. The van der Waals surface area contributed by atoms with Gasteiger partial charge >= 0.3 is 0 Å². The number of hydrogen-bond donors (Lipinski definition) is 6. The number of rotatable bonds is 53. The van der Waals surface area contributed by atoms with Gasteiger partial charge in [0.25, 0.3) is 0 Å². The van der Waals surface area contributed by atoms with Crippen LogP contribution in [-0.4, -0.2) is 87.5 Å². The van der Waals surface area contributed by atoms with Gasteiger partial charge in [-0.25, -0.2) is 0 Å². The van der Waals surface area contributed by atoms with Crippen LogP contribution in [0, 0.1) is 0 Å². The standard InChI is InChI=1S/C60H117NO8/c1-3-5-7-9-11-13-15-17-19-21-23-25-27-29-31-33-35-37-39-41-43-45-47-49-54(63)53(52-68-60-59(67)58(66)57(65)55(51-62)69-60)61-56(64)50-48-46-44-42-40-38-36-34-32-30-28-26-24-22-20-18-16-14-12-10-8-6-4-2/h22,24,53-55,57-60,62-63,65-67H,3-21,23,25-52H2,1-2H3,(H,61,64)/b24-22-. The molecule has 1 rings (SSSR count). The maximum atomic E-state index is 13.1. The van der Waals surface area contributed by atoms with Gasteiger partial charge < -0.3 is 40.3 Å². The fraction of sp³-hybridized carbons (Fsp3) is 0.950. The first kappa shape index (κ1) is 65.9. The zero-order valence-electron chi connectivity index (χ0n) is 45.6. The van der Waals surface area contributed by atoms with Crippen molar-refractivity contribution >= 4 is 5.91 Å². The van der Waals surface area contributed by atoms with Crippen molar-refractivity contribution in [3.8, 4) is 0 Å². The number of ether oxygens (including phenoxy) is 2. The Morgan fingerprint density at radius 3 is 1.17 bits per heavy atom. The quantitative estimate of drug-likeness (QED) is 0.0261. The van der Waals surface area contributed by atoms with Crippen LogP contribution in [0.5, 0.6) is 0 Å². The molecule has 0 aromatic rings. The molecule has 0 bridgehead atoms. The van der Waals surface area contributed by atoms with E-state index < -0.39 is 49.5 Å². The van der Waals surface area contributed by atoms with Gasteiger partial charge in [0.2, 0.25) is 5.91 Å². The van der Waals surface area contributed by atoms with Gasteiger partial charge in [-0.2, -0.15) is 0 Å². The molecule has 69 heavy (non-hydrogen) atoms. The highest BCUT2D eigenvalue weighted by molar-refractivity contribution is 5.76. The molecule has 7 unspecified atom stereocenters. The lowest BCUT2D eigenvalue weighted by Crippen LogP contribution is -2.60. The first-order valence-corrected chi connectivity index (χ1v) is 30.4. The molecule has 0 spiro atoms. The zero-order valence-corrected chi connectivity index (χ0v) is 45.6. The van der Waals surface area contributed by atoms with Crippen molar-refractivity contribution in [3.63, 3.8) is 0 Å². The molecule has 6 N–H and O–H groups in total. The normalized spacial score (nSPS) is 19.4. The maximum absolute atomic E-state index is 13.1. The second kappa shape index (κ2) is 50.5. The van der Waals surface area contributed by atoms with E-state index >= 15 is 0 Å². The van der Waals surface area contributed by atoms with Crippen molar-refractivity contribution in [1.29, 1.82) is 0 Å². The number of unbranched alkanes of at least 4 members (excludes halogenated alkanes) is 41. The van der Waals surface area contributed by atoms with E-state index in [0.29, 0.717) is 12.8 Å². The van der Waals surface area contributed by atoms with E-state index in [1.165, 1.54) is 244 Å². The number of allylic oxidation sites excluding steroid dienone is 2. The van der Waals surface area contributed by atoms with E-state index in [1.54, 1.807) is 0 Å². The Morgan fingerprint density at radius 2 is 0.812 bits per heavy atom. The Bertz CT molecular complexity index is 1090. The summed E-state index contributed by atoms with van der Waals surface area (Å²) in [5, 5.41) is 54.8. The summed E-state index contributed by atoms with van der Waals surface area (Å²) in [5.41, 5.74) is 0. The molecule has 410 valence electrons. The van der Waals surface area contributed by atoms with E-state index in [2.05, 4.69) is 31.3 Å². The smallest absolute Gasteiger partial charge is 0.220 e. The highest BCUT2D eigenvalue weighted by Crippen LogP contribution is 2.23. The minimum absolute atomic E-state index is 0.134. The summed E-state index contributed by atoms with van der Waals surface area (Å²) in [7, 11) is 0. The molecular formula is C60H117NO8. The molecule has 1 aliphatic heterocycles. The number of carbonyl (C=O) groups is 1. The number of amides is 1. The summed E-state index contributed by atoms with van der Waals surface area (Å²) in [5.74, 6) is -0.139. The predicted molar refractivity (Wildman–Crippen MR) is 291 cm³/mol. The van der Waals surface area contributed by atoms with Crippen LogP contribution in [0.3, 0.4) is 0 Å². The van der Waals surface area contributed by atoms with Crippen molar-refractivity contribution < 1.29 is 39.8 Å². The molecule has 1 amide bonds. The summed E-state index contributed by atoms with van der Waals surface area (Å²) in [6.07, 6.45) is 55.3. The van der Waals surface area contributed by atoms with Crippen molar-refractivity contribution in [2.75, 3.05) is 13.2 Å². The lowest BCUT2D eigenvalue weighted by Gasteiger charge is -2.40. The first-order chi connectivity index (χ1) is 33.8. The molecule has 7 atom stereocenters. The third-order valence-electron chi connectivity index (χ3n) is 14.9. The van der Waals surface area contributed by atoms with Crippen LogP contribution in [0.4, 0.5) is 0 Å². The molecular weight excluding hydrogens is 863 g/mol. The van der Waals surface area contributed by atoms with Crippen molar-refractivity contribution in [2.45, 2.75) is 352 Å². The summed E-state index contributed by atoms with van der Waals surface area (Å²) in [6.45, 7) is 3.88. The van der Waals surface area contributed by atoms with E-state index in [9.17, 15) is 30.3 Å². The van der Waals surface area contributed by atoms with Gasteiger partial charge in [0.05, 0.1) is 25.4 Å². The predicted octanol–water partition coefficient (Wildman–Crippen LogP) is 15.2. The lowest BCUT2D eigenvalue weighted by atomic mass is 9.99. The third-order valence-corrected chi connectivity index (χ3v) is 14.9.